The SMILES string of the molecule is CC[Si](CC)(CC)OCC1O[C@@H](OC2C(O[C@@H]3OC[C@@H](O[Si](CC)(CC)CC)C(O[Si](CC)(CC)CC)C3O[Si](CC)(CC)CC)[C@H](O[Si](CC)(CC)CC)C(C(=O)OCc3ccccc3)O[C@H]2OC2CCC3(C)C(CCC4(C)C3CC=C3C5CC(C)(C)CC[C@]5(C(=O)Cl)[C@@H](O[Si](CC)(CC)CC)CC34C)C2(C)C=O)C(O[Si](CC)(CC)CC)C(O[Si](CC)(CC)CC)[C@H]1O[Si](CC)(CC)CC. The van der Waals surface area contributed by atoms with E-state index in [4.69, 9.17) is 84.6 Å². The molecule has 0 bridgehead atoms. The normalized spacial score (nSPS) is 33.7. The fraction of sp³-hybridized carbons (Fsp3) is 0.898. The van der Waals surface area contributed by atoms with Gasteiger partial charge in [0.15, 0.2) is 99.8 Å². The van der Waals surface area contributed by atoms with Crippen molar-refractivity contribution in [3.63, 3.8) is 0 Å². The summed E-state index contributed by atoms with van der Waals surface area (Å²) in [4.78, 5) is 47.8. The highest BCUT2D eigenvalue weighted by atomic mass is 35.5. The lowest BCUT2D eigenvalue weighted by Gasteiger charge is -2.72. The van der Waals surface area contributed by atoms with Crippen LogP contribution < -0.4 is 0 Å². The summed E-state index contributed by atoms with van der Waals surface area (Å²) in [6.45, 7) is 76.9. The highest BCUT2D eigenvalue weighted by Crippen LogP contribution is 2.77. The molecule has 9 rings (SSSR count). The molecular formula is C108H203ClO19Si9. The molecule has 7 fully saturated rings. The zero-order chi connectivity index (χ0) is 102. The number of hydrogen-bond acceptors (Lipinski definition) is 19. The van der Waals surface area contributed by atoms with Gasteiger partial charge in [-0.3, -0.25) is 4.79 Å². The second-order valence-electron chi connectivity index (χ2n) is 45.6. The van der Waals surface area contributed by atoms with E-state index in [1.807, 2.05) is 30.3 Å². The van der Waals surface area contributed by atoms with E-state index < -0.39 is 189 Å². The van der Waals surface area contributed by atoms with E-state index in [0.717, 1.165) is 189 Å². The van der Waals surface area contributed by atoms with Gasteiger partial charge >= 0.3 is 5.97 Å². The number of esters is 1. The Bertz CT molecular complexity index is 3820. The van der Waals surface area contributed by atoms with Crippen molar-refractivity contribution in [2.45, 2.75) is 554 Å². The Morgan fingerprint density at radius 3 is 1.28 bits per heavy atom. The van der Waals surface area contributed by atoms with Gasteiger partial charge in [0.25, 0.3) is 0 Å². The van der Waals surface area contributed by atoms with Gasteiger partial charge in [0.1, 0.15) is 67.8 Å². The predicted octanol–water partition coefficient (Wildman–Crippen LogP) is 29.2. The van der Waals surface area contributed by atoms with Crippen molar-refractivity contribution >= 4 is 104 Å². The van der Waals surface area contributed by atoms with E-state index in [1.165, 1.54) is 11.9 Å². The van der Waals surface area contributed by atoms with Gasteiger partial charge in [0.05, 0.1) is 42.4 Å². The minimum absolute atomic E-state index is 0.0172. The van der Waals surface area contributed by atoms with Crippen molar-refractivity contribution < 1.29 is 87.4 Å². The summed E-state index contributed by atoms with van der Waals surface area (Å²) in [6.07, 6.45) is -4.90. The Morgan fingerprint density at radius 1 is 0.409 bits per heavy atom. The van der Waals surface area contributed by atoms with Crippen LogP contribution in [-0.4, -0.2) is 204 Å². The van der Waals surface area contributed by atoms with Crippen LogP contribution in [0, 0.1) is 50.2 Å². The molecule has 5 aliphatic carbocycles. The topological polar surface area (TPSA) is 199 Å². The molecule has 0 spiro atoms. The van der Waals surface area contributed by atoms with Crippen LogP contribution in [0.4, 0.5) is 0 Å². The van der Waals surface area contributed by atoms with Gasteiger partial charge in [0, 0.05) is 0 Å². The first-order valence-electron chi connectivity index (χ1n) is 56.6. The summed E-state index contributed by atoms with van der Waals surface area (Å²) >= 11 is 7.30. The van der Waals surface area contributed by atoms with Crippen molar-refractivity contribution in [1.82, 2.24) is 0 Å². The van der Waals surface area contributed by atoms with E-state index in [1.54, 1.807) is 0 Å². The molecule has 792 valence electrons. The number of allylic oxidation sites excluding steroid dienone is 2. The predicted molar refractivity (Wildman–Crippen MR) is 583 cm³/mol. The van der Waals surface area contributed by atoms with Crippen LogP contribution in [0.5, 0.6) is 0 Å². The van der Waals surface area contributed by atoms with E-state index in [9.17, 15) is 0 Å². The van der Waals surface area contributed by atoms with Crippen molar-refractivity contribution in [2.75, 3.05) is 13.2 Å². The second kappa shape index (κ2) is 50.4. The molecule has 8 aliphatic rings. The van der Waals surface area contributed by atoms with Gasteiger partial charge in [0.2, 0.25) is 5.24 Å². The van der Waals surface area contributed by atoms with E-state index in [0.29, 0.717) is 37.4 Å². The van der Waals surface area contributed by atoms with Gasteiger partial charge in [-0.1, -0.05) is 270 Å². The minimum Gasteiger partial charge on any atom is -0.459 e. The maximum absolute atomic E-state index is 16.9. The molecule has 24 atom stereocenters. The second-order valence-corrected chi connectivity index (χ2v) is 88.5. The zero-order valence-electron chi connectivity index (χ0n) is 93.2. The van der Waals surface area contributed by atoms with Crippen molar-refractivity contribution in [3.05, 3.63) is 47.5 Å². The number of benzene rings is 1. The first-order valence-corrected chi connectivity index (χ1v) is 79.7. The molecule has 16 unspecified atom stereocenters. The number of ether oxygens (including phenoxy) is 7. The largest absolute Gasteiger partial charge is 0.459 e. The number of rotatable bonds is 57. The molecule has 29 heteroatoms. The number of fused-ring (bicyclic) bond motifs is 7. The Kier molecular flexibility index (Phi) is 44.1. The minimum atomic E-state index is -2.99. The summed E-state index contributed by atoms with van der Waals surface area (Å²) in [5, 5.41) is -0.231. The Labute approximate surface area is 850 Å². The lowest BCUT2D eigenvalue weighted by atomic mass is 9.33. The van der Waals surface area contributed by atoms with Crippen molar-refractivity contribution in [1.29, 1.82) is 0 Å². The van der Waals surface area contributed by atoms with Gasteiger partial charge in [-0.15, -0.1) is 0 Å². The number of aldehydes is 1. The Balaban J connectivity index is 1.39. The van der Waals surface area contributed by atoms with Crippen LogP contribution >= 0.6 is 11.6 Å². The molecule has 3 heterocycles. The molecule has 0 radical (unpaired) electrons. The van der Waals surface area contributed by atoms with E-state index in [2.05, 4.69) is 235 Å². The number of carbonyl (C=O) groups is 3. The van der Waals surface area contributed by atoms with Crippen LogP contribution in [-0.2, 0) is 94.0 Å². The molecule has 1 aromatic carbocycles. The first kappa shape index (κ1) is 120. The summed E-state index contributed by atoms with van der Waals surface area (Å²) in [7, 11) is -23.6. The fourth-order valence-corrected chi connectivity index (χ4v) is 53.9. The number of halogens is 1. The molecular weight excluding hydrogens is 1890 g/mol. The molecule has 0 N–H and O–H groups in total. The van der Waals surface area contributed by atoms with Crippen LogP contribution in [0.15, 0.2) is 42.0 Å². The molecule has 3 saturated heterocycles. The fourth-order valence-electron chi connectivity index (χ4n) is 28.1. The summed E-state index contributed by atoms with van der Waals surface area (Å²) in [5.41, 5.74) is -0.877. The lowest BCUT2D eigenvalue weighted by molar-refractivity contribution is -0.387. The van der Waals surface area contributed by atoms with Crippen LogP contribution in [0.25, 0.3) is 0 Å². The monoisotopic (exact) mass is 2090 g/mol. The molecule has 0 amide bonds. The lowest BCUT2D eigenvalue weighted by Crippen LogP contribution is -2.72. The van der Waals surface area contributed by atoms with Crippen LogP contribution in [0.1, 0.15) is 292 Å². The summed E-state index contributed by atoms with van der Waals surface area (Å²) in [5.74, 6) is -0.789. The highest BCUT2D eigenvalue weighted by Gasteiger charge is 2.74. The van der Waals surface area contributed by atoms with Crippen molar-refractivity contribution in [2.24, 2.45) is 50.2 Å². The molecule has 0 aromatic heterocycles. The molecule has 4 saturated carbocycles. The number of carbonyl (C=O) groups excluding carboxylic acids is 3. The van der Waals surface area contributed by atoms with Crippen molar-refractivity contribution in [3.8, 4) is 0 Å². The average Bonchev–Trinajstić information content (AvgIpc) is 0.666. The van der Waals surface area contributed by atoms with Gasteiger partial charge in [-0.2, -0.15) is 0 Å². The third kappa shape index (κ3) is 24.1. The molecule has 1 aromatic rings. The highest BCUT2D eigenvalue weighted by molar-refractivity contribution is 6.77. The third-order valence-electron chi connectivity index (χ3n) is 40.8. The zero-order valence-corrected chi connectivity index (χ0v) is 103. The van der Waals surface area contributed by atoms with Crippen LogP contribution in [0.3, 0.4) is 0 Å². The maximum atomic E-state index is 16.9. The van der Waals surface area contributed by atoms with Gasteiger partial charge in [-0.25, -0.2) is 4.79 Å². The Morgan fingerprint density at radius 2 is 0.825 bits per heavy atom. The molecule has 19 nitrogen and oxygen atoms in total. The molecule has 3 aliphatic heterocycles. The summed E-state index contributed by atoms with van der Waals surface area (Å²) < 4.78 is 130. The van der Waals surface area contributed by atoms with E-state index >= 15 is 14.4 Å². The van der Waals surface area contributed by atoms with E-state index in [-0.39, 0.29) is 65.2 Å². The van der Waals surface area contributed by atoms with Gasteiger partial charge < -0.3 is 77.8 Å². The van der Waals surface area contributed by atoms with Crippen LogP contribution in [0.2, 0.25) is 163 Å². The quantitative estimate of drug-likeness (QED) is 0.0149. The smallest absolute Gasteiger partial charge is 0.338 e. The number of hydrogen-bond donors (Lipinski definition) is 0. The van der Waals surface area contributed by atoms with Gasteiger partial charge in [-0.05, 0) is 278 Å². The maximum Gasteiger partial charge on any atom is 0.338 e. The Hall–Kier alpha value is -0.588. The standard InChI is InChI=1S/C108H203ClO19Si9/c1-34-129(35-2,36-3)115-78-83-89(123-132(43-10,44-11)45-12)92(125-134(49-16,50-17)51-18)97(128-137(58-25,59-26)60-27)101(116-83)120-95-91(118-99-96(127-136(55-22,56-23)57-24)90(124-133(46-13,47-14)48-15)84(77-114-99)121-130(37-4,38-5)39-6)93(126-135(52-19,53-20)54-21)94(98(111)113-76-80-64-62-61-63-65-80)119-100(95)117-87-69-70-104(30)85(105(87,31)79-110)68-71-106(32)86(104)67-66-81-82-74-103(28,29)72-73-108(82,102(109)112)88(75-107(81,106)33)122-131(40-7,41-8)42-9/h61-66,79,82-97,99-101H,34-60,67-78H2,1-33H3/t82?,83?,84-,85?,86?,87?,88+,89+,90?,91?,92?,93+,94?,95?,96?,97?,99+,100-,101+,104?,105?,106?,107?,108-/m1/s1. The average molecular weight is 2090 g/mol. The summed E-state index contributed by atoms with van der Waals surface area (Å²) in [6, 6.07) is 33.4. The third-order valence-corrected chi connectivity index (χ3v) is 82.9. The molecule has 137 heavy (non-hydrogen) atoms. The first-order chi connectivity index (χ1) is 65.1.